The summed E-state index contributed by atoms with van der Waals surface area (Å²) in [4.78, 5) is 16.7. The molecule has 0 radical (unpaired) electrons. The van der Waals surface area contributed by atoms with E-state index in [0.29, 0.717) is 28.4 Å². The van der Waals surface area contributed by atoms with E-state index in [9.17, 15) is 4.79 Å². The zero-order chi connectivity index (χ0) is 15.4. The van der Waals surface area contributed by atoms with Gasteiger partial charge in [-0.25, -0.2) is 4.98 Å². The minimum Gasteiger partial charge on any atom is -0.454 e. The number of aromatic nitrogens is 5. The Morgan fingerprint density at radius 3 is 2.83 bits per heavy atom. The first-order chi connectivity index (χ1) is 11.3. The van der Waals surface area contributed by atoms with E-state index in [1.165, 1.54) is 4.68 Å². The topological polar surface area (TPSA) is 94.9 Å². The summed E-state index contributed by atoms with van der Waals surface area (Å²) in [6, 6.07) is 8.88. The van der Waals surface area contributed by atoms with Gasteiger partial charge in [0.25, 0.3) is 0 Å². The van der Waals surface area contributed by atoms with E-state index in [4.69, 9.17) is 9.47 Å². The van der Waals surface area contributed by atoms with Crippen LogP contribution < -0.4 is 15.0 Å². The van der Waals surface area contributed by atoms with Crippen molar-refractivity contribution >= 4 is 21.9 Å². The van der Waals surface area contributed by atoms with Gasteiger partial charge in [0.15, 0.2) is 22.8 Å². The Balaban J connectivity index is 1.86. The molecule has 0 atom stereocenters. The van der Waals surface area contributed by atoms with Crippen LogP contribution in [0.2, 0.25) is 0 Å². The molecule has 1 aromatic carbocycles. The largest absolute Gasteiger partial charge is 0.454 e. The second-order valence-electron chi connectivity index (χ2n) is 5.09. The minimum atomic E-state index is -0.300. The van der Waals surface area contributed by atoms with Gasteiger partial charge in [-0.1, -0.05) is 6.07 Å². The number of pyridine rings is 1. The van der Waals surface area contributed by atoms with E-state index >= 15 is 0 Å². The molecule has 1 N–H and O–H groups in total. The van der Waals surface area contributed by atoms with Crippen LogP contribution in [0, 0.1) is 0 Å². The number of ether oxygens (including phenoxy) is 2. The van der Waals surface area contributed by atoms with Gasteiger partial charge < -0.3 is 9.47 Å². The van der Waals surface area contributed by atoms with Gasteiger partial charge in [-0.15, -0.1) is 10.2 Å². The number of fused-ring (bicyclic) bond motifs is 4. The molecule has 0 saturated heterocycles. The fourth-order valence-corrected chi connectivity index (χ4v) is 2.67. The number of nitrogens with zero attached hydrogens (tertiary/aromatic N) is 4. The van der Waals surface area contributed by atoms with E-state index in [1.54, 1.807) is 30.5 Å². The predicted molar refractivity (Wildman–Crippen MR) is 80.9 cm³/mol. The second-order valence-corrected chi connectivity index (χ2v) is 5.09. The highest BCUT2D eigenvalue weighted by Gasteiger charge is 2.19. The maximum Gasteiger partial charge on any atom is 0.301 e. The van der Waals surface area contributed by atoms with Crippen molar-refractivity contribution in [3.05, 3.63) is 46.9 Å². The first-order valence-corrected chi connectivity index (χ1v) is 6.93. The number of H-pyrrole nitrogens is 1. The Hall–Kier alpha value is -3.42. The molecule has 1 aliphatic heterocycles. The van der Waals surface area contributed by atoms with Gasteiger partial charge in [0.1, 0.15) is 0 Å². The van der Waals surface area contributed by atoms with Crippen molar-refractivity contribution in [2.45, 2.75) is 0 Å². The summed E-state index contributed by atoms with van der Waals surface area (Å²) in [5.41, 5.74) is 1.16. The lowest BCUT2D eigenvalue weighted by atomic mass is 10.2. The molecule has 0 unspecified atom stereocenters. The van der Waals surface area contributed by atoms with E-state index < -0.39 is 0 Å². The Labute approximate surface area is 128 Å². The highest BCUT2D eigenvalue weighted by atomic mass is 16.7. The lowest BCUT2D eigenvalue weighted by molar-refractivity contribution is 0.174. The molecule has 0 amide bonds. The Bertz CT molecular complexity index is 1120. The summed E-state index contributed by atoms with van der Waals surface area (Å²) in [7, 11) is 0. The number of nitrogens with one attached hydrogen (secondary N) is 1. The summed E-state index contributed by atoms with van der Waals surface area (Å²) >= 11 is 0. The molecule has 0 aliphatic carbocycles. The Kier molecular flexibility index (Phi) is 2.27. The quantitative estimate of drug-likeness (QED) is 0.571. The van der Waals surface area contributed by atoms with Gasteiger partial charge in [0.05, 0.1) is 11.0 Å². The van der Waals surface area contributed by atoms with Crippen LogP contribution in [0.3, 0.4) is 0 Å². The third kappa shape index (κ3) is 1.65. The molecule has 5 rings (SSSR count). The number of benzene rings is 1. The van der Waals surface area contributed by atoms with Crippen LogP contribution in [0.1, 0.15) is 0 Å². The summed E-state index contributed by atoms with van der Waals surface area (Å²) in [5, 5.41) is 12.0. The normalized spacial score (nSPS) is 13.0. The van der Waals surface area contributed by atoms with Crippen LogP contribution in [-0.2, 0) is 0 Å². The van der Waals surface area contributed by atoms with Gasteiger partial charge in [-0.05, 0) is 18.2 Å². The molecule has 8 nitrogen and oxygen atoms in total. The fraction of sp³-hybridized carbons (Fsp3) is 0.0667. The lowest BCUT2D eigenvalue weighted by Gasteiger charge is -2.00. The van der Waals surface area contributed by atoms with Crippen molar-refractivity contribution in [1.82, 2.24) is 25.0 Å². The highest BCUT2D eigenvalue weighted by molar-refractivity contribution is 6.02. The summed E-state index contributed by atoms with van der Waals surface area (Å²) < 4.78 is 12.1. The van der Waals surface area contributed by atoms with Gasteiger partial charge in [0, 0.05) is 17.6 Å². The van der Waals surface area contributed by atoms with Crippen molar-refractivity contribution in [1.29, 1.82) is 0 Å². The Morgan fingerprint density at radius 1 is 1.13 bits per heavy atom. The van der Waals surface area contributed by atoms with Gasteiger partial charge in [-0.3, -0.25) is 9.89 Å². The van der Waals surface area contributed by atoms with Crippen molar-refractivity contribution in [3.8, 4) is 17.3 Å². The average molecular weight is 307 g/mol. The molecule has 0 spiro atoms. The number of hydrogen-bond donors (Lipinski definition) is 1. The molecule has 0 bridgehead atoms. The molecule has 23 heavy (non-hydrogen) atoms. The van der Waals surface area contributed by atoms with E-state index in [1.807, 2.05) is 6.07 Å². The van der Waals surface area contributed by atoms with Crippen molar-refractivity contribution < 1.29 is 9.47 Å². The molecule has 4 aromatic rings. The van der Waals surface area contributed by atoms with Crippen LogP contribution in [0.5, 0.6) is 11.5 Å². The van der Waals surface area contributed by atoms with Crippen LogP contribution in [-0.4, -0.2) is 31.8 Å². The zero-order valence-electron chi connectivity index (χ0n) is 11.7. The van der Waals surface area contributed by atoms with Crippen LogP contribution in [0.25, 0.3) is 27.8 Å². The van der Waals surface area contributed by atoms with Gasteiger partial charge >= 0.3 is 5.56 Å². The summed E-state index contributed by atoms with van der Waals surface area (Å²) in [6.45, 7) is 0.174. The van der Waals surface area contributed by atoms with E-state index in [-0.39, 0.29) is 17.9 Å². The second kappa shape index (κ2) is 4.29. The predicted octanol–water partition coefficient (Wildman–Crippen LogP) is 1.39. The first-order valence-electron chi connectivity index (χ1n) is 6.93. The minimum absolute atomic E-state index is 0.174. The number of aromatic amines is 1. The fourth-order valence-electron chi connectivity index (χ4n) is 2.67. The van der Waals surface area contributed by atoms with E-state index in [0.717, 1.165) is 5.39 Å². The molecule has 8 heteroatoms. The van der Waals surface area contributed by atoms with E-state index in [2.05, 4.69) is 20.3 Å². The van der Waals surface area contributed by atoms with Gasteiger partial charge in [0.2, 0.25) is 6.79 Å². The summed E-state index contributed by atoms with van der Waals surface area (Å²) in [5.74, 6) is 1.74. The standard InChI is InChI=1S/C15H9N5O3/c21-15-14-13(19-20(15)12-3-1-2-4-16-12)8-5-10-11(23-7-22-10)6-9(8)17-18-14/h1-6,19H,7H2. The van der Waals surface area contributed by atoms with Crippen molar-refractivity contribution in [2.24, 2.45) is 0 Å². The lowest BCUT2D eigenvalue weighted by Crippen LogP contribution is -2.15. The number of hydrogen-bond acceptors (Lipinski definition) is 6. The molecule has 0 fully saturated rings. The molecule has 4 heterocycles. The molecule has 1 aliphatic rings. The molecule has 0 saturated carbocycles. The molecule has 3 aromatic heterocycles. The number of rotatable bonds is 1. The third-order valence-electron chi connectivity index (χ3n) is 3.76. The van der Waals surface area contributed by atoms with Gasteiger partial charge in [-0.2, -0.15) is 4.68 Å². The van der Waals surface area contributed by atoms with Crippen LogP contribution >= 0.6 is 0 Å². The third-order valence-corrected chi connectivity index (χ3v) is 3.76. The smallest absolute Gasteiger partial charge is 0.301 e. The maximum atomic E-state index is 12.5. The van der Waals surface area contributed by atoms with Crippen LogP contribution in [0.15, 0.2) is 41.3 Å². The molecule has 112 valence electrons. The Morgan fingerprint density at radius 2 is 2.00 bits per heavy atom. The van der Waals surface area contributed by atoms with Crippen molar-refractivity contribution in [2.75, 3.05) is 6.79 Å². The SMILES string of the molecule is O=c1c2nnc3cc4c(cc3c2[nH]n1-c1ccccn1)OCO4. The average Bonchev–Trinajstić information content (AvgIpc) is 3.18. The maximum absolute atomic E-state index is 12.5. The summed E-state index contributed by atoms with van der Waals surface area (Å²) in [6.07, 6.45) is 1.62. The molecular formula is C15H9N5O3. The molecular weight excluding hydrogens is 298 g/mol. The monoisotopic (exact) mass is 307 g/mol. The zero-order valence-corrected chi connectivity index (χ0v) is 11.7. The first kappa shape index (κ1) is 12.2. The van der Waals surface area contributed by atoms with Crippen molar-refractivity contribution in [3.63, 3.8) is 0 Å². The highest BCUT2D eigenvalue weighted by Crippen LogP contribution is 2.36. The van der Waals surface area contributed by atoms with Crippen LogP contribution in [0.4, 0.5) is 0 Å².